The smallest absolute Gasteiger partial charge is 0.234 e. The number of likely N-dealkylation sites (tertiary alicyclic amines) is 1. The largest absolute Gasteiger partial charge is 0.393 e. The Labute approximate surface area is 166 Å². The van der Waals surface area contributed by atoms with Crippen LogP contribution in [0.15, 0.2) is 24.4 Å². The average Bonchev–Trinajstić information content (AvgIpc) is 3.11. The van der Waals surface area contributed by atoms with Gasteiger partial charge in [0.05, 0.1) is 30.6 Å². The Morgan fingerprint density at radius 1 is 1.21 bits per heavy atom. The highest BCUT2D eigenvalue weighted by Gasteiger charge is 2.27. The number of nitrogens with one attached hydrogen (secondary N) is 1. The second-order valence-corrected chi connectivity index (χ2v) is 8.25. The first-order chi connectivity index (χ1) is 13.5. The maximum Gasteiger partial charge on any atom is 0.234 e. The Morgan fingerprint density at radius 2 is 2.00 bits per heavy atom. The van der Waals surface area contributed by atoms with E-state index in [0.717, 1.165) is 56.4 Å². The molecule has 1 saturated heterocycles. The molecule has 1 aromatic carbocycles. The predicted octanol–water partition coefficient (Wildman–Crippen LogP) is 2.44. The van der Waals surface area contributed by atoms with Crippen LogP contribution < -0.4 is 5.32 Å². The van der Waals surface area contributed by atoms with E-state index in [2.05, 4.69) is 47.4 Å². The number of amides is 1. The number of carbonyl (C=O) groups is 1. The van der Waals surface area contributed by atoms with Gasteiger partial charge in [0.1, 0.15) is 0 Å². The number of hydrogen-bond acceptors (Lipinski definition) is 4. The van der Waals surface area contributed by atoms with E-state index < -0.39 is 0 Å². The van der Waals surface area contributed by atoms with Crippen LogP contribution in [0.5, 0.6) is 0 Å². The minimum absolute atomic E-state index is 0.0342. The fourth-order valence-electron chi connectivity index (χ4n) is 4.31. The standard InChI is InChI=1S/C22H30N4O2/c1-15-6-7-17(12-16(15)2)26-21-5-3-4-20(19(21)13-23-26)24-22(28)14-25-10-8-18(27)9-11-25/h6-7,12-13,18,20,27H,3-5,8-11,14H2,1-2H3,(H,24,28)/t20-/m0/s1. The van der Waals surface area contributed by atoms with Gasteiger partial charge in [-0.3, -0.25) is 9.69 Å². The highest BCUT2D eigenvalue weighted by molar-refractivity contribution is 5.78. The first kappa shape index (κ1) is 19.2. The fourth-order valence-corrected chi connectivity index (χ4v) is 4.31. The first-order valence-corrected chi connectivity index (χ1v) is 10.4. The van der Waals surface area contributed by atoms with Crippen molar-refractivity contribution in [3.63, 3.8) is 0 Å². The molecule has 28 heavy (non-hydrogen) atoms. The third-order valence-electron chi connectivity index (χ3n) is 6.18. The zero-order valence-corrected chi connectivity index (χ0v) is 16.8. The second-order valence-electron chi connectivity index (χ2n) is 8.25. The lowest BCUT2D eigenvalue weighted by atomic mass is 9.92. The summed E-state index contributed by atoms with van der Waals surface area (Å²) in [7, 11) is 0. The van der Waals surface area contributed by atoms with Crippen LogP contribution in [0.25, 0.3) is 5.69 Å². The van der Waals surface area contributed by atoms with Crippen LogP contribution in [0.2, 0.25) is 0 Å². The van der Waals surface area contributed by atoms with Crippen molar-refractivity contribution in [1.82, 2.24) is 20.0 Å². The third-order valence-corrected chi connectivity index (χ3v) is 6.18. The number of benzene rings is 1. The van der Waals surface area contributed by atoms with E-state index in [4.69, 9.17) is 0 Å². The molecule has 0 unspecified atom stereocenters. The summed E-state index contributed by atoms with van der Waals surface area (Å²) in [6.45, 7) is 6.22. The molecule has 1 aliphatic heterocycles. The van der Waals surface area contributed by atoms with E-state index in [0.29, 0.717) is 6.54 Å². The molecule has 0 spiro atoms. The van der Waals surface area contributed by atoms with Crippen molar-refractivity contribution >= 4 is 5.91 Å². The average molecular weight is 383 g/mol. The van der Waals surface area contributed by atoms with Crippen molar-refractivity contribution in [3.05, 3.63) is 46.8 Å². The molecule has 1 aliphatic carbocycles. The second kappa shape index (κ2) is 8.05. The molecule has 2 N–H and O–H groups in total. The summed E-state index contributed by atoms with van der Waals surface area (Å²) in [5, 5.41) is 17.5. The number of aliphatic hydroxyl groups excluding tert-OH is 1. The van der Waals surface area contributed by atoms with Gasteiger partial charge >= 0.3 is 0 Å². The lowest BCUT2D eigenvalue weighted by Gasteiger charge is -2.30. The fraction of sp³-hybridized carbons (Fsp3) is 0.545. The molecule has 1 amide bonds. The van der Waals surface area contributed by atoms with Crippen LogP contribution in [0, 0.1) is 13.8 Å². The van der Waals surface area contributed by atoms with Gasteiger partial charge in [-0.05, 0) is 69.2 Å². The summed E-state index contributed by atoms with van der Waals surface area (Å²) in [6, 6.07) is 6.46. The molecule has 2 heterocycles. The number of carbonyl (C=O) groups excluding carboxylic acids is 1. The normalized spacial score (nSPS) is 20.8. The minimum atomic E-state index is -0.212. The molecular weight excluding hydrogens is 352 g/mol. The third kappa shape index (κ3) is 3.98. The van der Waals surface area contributed by atoms with Gasteiger partial charge in [0, 0.05) is 24.3 Å². The molecule has 2 aromatic rings. The molecule has 0 radical (unpaired) electrons. The number of fused-ring (bicyclic) bond motifs is 1. The Morgan fingerprint density at radius 3 is 2.75 bits per heavy atom. The summed E-state index contributed by atoms with van der Waals surface area (Å²) >= 11 is 0. The Hall–Kier alpha value is -2.18. The van der Waals surface area contributed by atoms with Gasteiger partial charge in [-0.25, -0.2) is 4.68 Å². The summed E-state index contributed by atoms with van der Waals surface area (Å²) in [4.78, 5) is 14.7. The SMILES string of the molecule is Cc1ccc(-n2ncc3c2CCC[C@@H]3NC(=O)CN2CCC(O)CC2)cc1C. The van der Waals surface area contributed by atoms with Gasteiger partial charge in [-0.1, -0.05) is 6.07 Å². The number of aliphatic hydroxyl groups is 1. The Balaban J connectivity index is 1.46. The van der Waals surface area contributed by atoms with Crippen LogP contribution in [-0.4, -0.2) is 51.4 Å². The molecule has 2 aliphatic rings. The number of piperidine rings is 1. The van der Waals surface area contributed by atoms with Crippen LogP contribution in [0.1, 0.15) is 54.1 Å². The quantitative estimate of drug-likeness (QED) is 0.852. The molecule has 0 saturated carbocycles. The number of nitrogens with zero attached hydrogens (tertiary/aromatic N) is 3. The maximum absolute atomic E-state index is 12.6. The van der Waals surface area contributed by atoms with Crippen LogP contribution in [0.4, 0.5) is 0 Å². The number of aromatic nitrogens is 2. The van der Waals surface area contributed by atoms with Crippen molar-refractivity contribution in [2.45, 2.75) is 58.1 Å². The highest BCUT2D eigenvalue weighted by atomic mass is 16.3. The molecule has 4 rings (SSSR count). The van der Waals surface area contributed by atoms with E-state index in [1.54, 1.807) is 0 Å². The Kier molecular flexibility index (Phi) is 5.51. The first-order valence-electron chi connectivity index (χ1n) is 10.4. The van der Waals surface area contributed by atoms with Gasteiger partial charge in [-0.15, -0.1) is 0 Å². The van der Waals surface area contributed by atoms with Gasteiger partial charge in [0.15, 0.2) is 0 Å². The van der Waals surface area contributed by atoms with Crippen molar-refractivity contribution in [1.29, 1.82) is 0 Å². The lowest BCUT2D eigenvalue weighted by Crippen LogP contribution is -2.43. The summed E-state index contributed by atoms with van der Waals surface area (Å²) < 4.78 is 2.03. The van der Waals surface area contributed by atoms with Crippen molar-refractivity contribution in [2.75, 3.05) is 19.6 Å². The number of rotatable bonds is 4. The summed E-state index contributed by atoms with van der Waals surface area (Å²) in [6.07, 6.45) is 6.20. The van der Waals surface area contributed by atoms with E-state index in [-0.39, 0.29) is 18.1 Å². The Bertz CT molecular complexity index is 852. The monoisotopic (exact) mass is 382 g/mol. The van der Waals surface area contributed by atoms with Crippen molar-refractivity contribution < 1.29 is 9.90 Å². The van der Waals surface area contributed by atoms with E-state index in [1.807, 2.05) is 10.9 Å². The maximum atomic E-state index is 12.6. The van der Waals surface area contributed by atoms with E-state index in [1.165, 1.54) is 16.8 Å². The van der Waals surface area contributed by atoms with Gasteiger partial charge in [0.25, 0.3) is 0 Å². The van der Waals surface area contributed by atoms with Gasteiger partial charge in [-0.2, -0.15) is 5.10 Å². The van der Waals surface area contributed by atoms with Crippen LogP contribution in [0.3, 0.4) is 0 Å². The zero-order chi connectivity index (χ0) is 19.7. The lowest BCUT2D eigenvalue weighted by molar-refractivity contribution is -0.123. The predicted molar refractivity (Wildman–Crippen MR) is 109 cm³/mol. The van der Waals surface area contributed by atoms with Crippen LogP contribution >= 0.6 is 0 Å². The molecule has 1 aromatic heterocycles. The molecule has 150 valence electrons. The molecule has 1 atom stereocenters. The van der Waals surface area contributed by atoms with E-state index in [9.17, 15) is 9.90 Å². The zero-order valence-electron chi connectivity index (χ0n) is 16.8. The summed E-state index contributed by atoms with van der Waals surface area (Å²) in [5.74, 6) is 0.0631. The van der Waals surface area contributed by atoms with E-state index >= 15 is 0 Å². The minimum Gasteiger partial charge on any atom is -0.393 e. The number of aryl methyl sites for hydroxylation is 2. The topological polar surface area (TPSA) is 70.4 Å². The molecular formula is C22H30N4O2. The van der Waals surface area contributed by atoms with Crippen LogP contribution in [-0.2, 0) is 11.2 Å². The van der Waals surface area contributed by atoms with Gasteiger partial charge in [0.2, 0.25) is 5.91 Å². The highest BCUT2D eigenvalue weighted by Crippen LogP contribution is 2.31. The molecule has 6 nitrogen and oxygen atoms in total. The molecule has 0 bridgehead atoms. The van der Waals surface area contributed by atoms with Crippen molar-refractivity contribution in [2.24, 2.45) is 0 Å². The summed E-state index contributed by atoms with van der Waals surface area (Å²) in [5.41, 5.74) is 5.98. The molecule has 1 fully saturated rings. The number of hydrogen-bond donors (Lipinski definition) is 2. The van der Waals surface area contributed by atoms with Crippen molar-refractivity contribution in [3.8, 4) is 5.69 Å². The van der Waals surface area contributed by atoms with Gasteiger partial charge < -0.3 is 10.4 Å². The molecule has 6 heteroatoms.